The summed E-state index contributed by atoms with van der Waals surface area (Å²) in [5, 5.41) is 47.7. The molecule has 37 heavy (non-hydrogen) atoms. The molecule has 0 amide bonds. The molecule has 0 spiro atoms. The number of carbonyl (C=O) groups is 5. The van der Waals surface area contributed by atoms with E-state index in [0.29, 0.717) is 0 Å². The van der Waals surface area contributed by atoms with Crippen molar-refractivity contribution < 1.29 is 77.9 Å². The zero-order valence-corrected chi connectivity index (χ0v) is 20.7. The van der Waals surface area contributed by atoms with Crippen LogP contribution in [0.3, 0.4) is 0 Å². The van der Waals surface area contributed by atoms with Crippen molar-refractivity contribution in [3.8, 4) is 0 Å². The first-order chi connectivity index (χ1) is 17.1. The molecule has 1 aliphatic heterocycles. The van der Waals surface area contributed by atoms with Gasteiger partial charge in [-0.05, 0) is 34.6 Å². The molecule has 0 aliphatic carbocycles. The quantitative estimate of drug-likeness (QED) is 0.126. The monoisotopic (exact) mass is 540 g/mol. The van der Waals surface area contributed by atoms with Crippen molar-refractivity contribution in [1.29, 1.82) is 0 Å². The lowest BCUT2D eigenvalue weighted by atomic mass is 9.97. The van der Waals surface area contributed by atoms with Gasteiger partial charge >= 0.3 is 29.8 Å². The van der Waals surface area contributed by atoms with E-state index in [1.807, 2.05) is 0 Å². The van der Waals surface area contributed by atoms with Crippen LogP contribution in [0.1, 0.15) is 34.6 Å². The van der Waals surface area contributed by atoms with Crippen LogP contribution in [-0.4, -0.2) is 123 Å². The van der Waals surface area contributed by atoms with E-state index >= 15 is 0 Å². The van der Waals surface area contributed by atoms with E-state index in [1.165, 1.54) is 0 Å². The fourth-order valence-electron chi connectivity index (χ4n) is 2.70. The van der Waals surface area contributed by atoms with E-state index in [4.69, 9.17) is 28.4 Å². The molecule has 1 saturated heterocycles. The van der Waals surface area contributed by atoms with Crippen molar-refractivity contribution >= 4 is 29.8 Å². The van der Waals surface area contributed by atoms with Crippen molar-refractivity contribution in [2.24, 2.45) is 0 Å². The number of hydrogen-bond donors (Lipinski definition) is 5. The molecule has 1 rings (SSSR count). The highest BCUT2D eigenvalue weighted by Crippen LogP contribution is 2.31. The van der Waals surface area contributed by atoms with Crippen LogP contribution in [0, 0.1) is 0 Å². The van der Waals surface area contributed by atoms with Crippen molar-refractivity contribution in [2.45, 2.75) is 95.8 Å². The smallest absolute Gasteiger partial charge is 0.337 e. The zero-order chi connectivity index (χ0) is 28.6. The first kappa shape index (κ1) is 32.1. The number of rotatable bonds is 11. The summed E-state index contributed by atoms with van der Waals surface area (Å²) in [4.78, 5) is 60.6. The number of aliphatic hydroxyl groups is 5. The summed E-state index contributed by atoms with van der Waals surface area (Å²) in [7, 11) is 0. The van der Waals surface area contributed by atoms with Gasteiger partial charge in [-0.1, -0.05) is 0 Å². The summed E-state index contributed by atoms with van der Waals surface area (Å²) in [6.45, 7) is 4.36. The van der Waals surface area contributed by atoms with E-state index in [0.717, 1.165) is 34.6 Å². The van der Waals surface area contributed by atoms with Crippen LogP contribution in [0.4, 0.5) is 0 Å². The molecule has 1 heterocycles. The summed E-state index contributed by atoms with van der Waals surface area (Å²) in [5.41, 5.74) is 0. The number of carbonyl (C=O) groups excluding carboxylic acids is 5. The number of esters is 5. The third-order valence-corrected chi connectivity index (χ3v) is 4.68. The topological polar surface area (TPSA) is 242 Å². The molecule has 0 aromatic heterocycles. The first-order valence-electron chi connectivity index (χ1n) is 11.1. The summed E-state index contributed by atoms with van der Waals surface area (Å²) < 4.78 is 30.8. The van der Waals surface area contributed by atoms with E-state index in [9.17, 15) is 49.5 Å². The Bertz CT molecular complexity index is 819. The van der Waals surface area contributed by atoms with Gasteiger partial charge in [0.05, 0.1) is 0 Å². The minimum atomic E-state index is -2.01. The van der Waals surface area contributed by atoms with Gasteiger partial charge in [-0.25, -0.2) is 24.0 Å². The average molecular weight is 540 g/mol. The molecule has 0 radical (unpaired) electrons. The first-order valence-corrected chi connectivity index (χ1v) is 11.1. The van der Waals surface area contributed by atoms with Gasteiger partial charge in [0.1, 0.15) is 43.2 Å². The second-order valence-electron chi connectivity index (χ2n) is 8.19. The number of aliphatic hydroxyl groups excluding tert-OH is 5. The Hall–Kier alpha value is -2.89. The summed E-state index contributed by atoms with van der Waals surface area (Å²) in [5.74, 6) is -6.41. The fraction of sp³-hybridized carbons (Fsp3) is 0.762. The molecule has 0 aromatic rings. The molecule has 0 aromatic carbocycles. The highest BCUT2D eigenvalue weighted by atomic mass is 16.8. The predicted octanol–water partition coefficient (Wildman–Crippen LogP) is -3.56. The molecule has 5 N–H and O–H groups in total. The van der Waals surface area contributed by atoms with E-state index < -0.39 is 97.7 Å². The molecule has 7 unspecified atom stereocenters. The maximum Gasteiger partial charge on any atom is 0.337 e. The third kappa shape index (κ3) is 9.49. The predicted molar refractivity (Wildman–Crippen MR) is 114 cm³/mol. The zero-order valence-electron chi connectivity index (χ0n) is 20.7. The highest BCUT2D eigenvalue weighted by molar-refractivity contribution is 5.77. The van der Waals surface area contributed by atoms with Crippen molar-refractivity contribution in [3.05, 3.63) is 0 Å². The second-order valence-corrected chi connectivity index (χ2v) is 8.19. The lowest BCUT2D eigenvalue weighted by Gasteiger charge is -2.44. The lowest BCUT2D eigenvalue weighted by Crippen LogP contribution is -2.64. The number of hydrogen-bond acceptors (Lipinski definition) is 16. The molecule has 16 nitrogen and oxygen atoms in total. The van der Waals surface area contributed by atoms with Crippen molar-refractivity contribution in [3.63, 3.8) is 0 Å². The Balaban J connectivity index is 3.59. The molecule has 1 aliphatic rings. The van der Waals surface area contributed by atoms with Crippen LogP contribution in [0.15, 0.2) is 0 Å². The van der Waals surface area contributed by atoms with E-state index in [1.54, 1.807) is 0 Å². The van der Waals surface area contributed by atoms with Gasteiger partial charge in [-0.15, -0.1) is 0 Å². The Labute approximate surface area is 210 Å². The van der Waals surface area contributed by atoms with Gasteiger partial charge in [-0.2, -0.15) is 0 Å². The molecule has 212 valence electrons. The Morgan fingerprint density at radius 3 is 1.32 bits per heavy atom. The summed E-state index contributed by atoms with van der Waals surface area (Å²) in [6.07, 6.45) is -17.9. The van der Waals surface area contributed by atoms with Crippen LogP contribution in [0.25, 0.3) is 0 Å². The summed E-state index contributed by atoms with van der Waals surface area (Å²) >= 11 is 0. The maximum atomic E-state index is 12.3. The molecular weight excluding hydrogens is 508 g/mol. The van der Waals surface area contributed by atoms with Crippen LogP contribution in [0.5, 0.6) is 0 Å². The maximum absolute atomic E-state index is 12.3. The van der Waals surface area contributed by atoms with E-state index in [-0.39, 0.29) is 0 Å². The van der Waals surface area contributed by atoms with Crippen molar-refractivity contribution in [1.82, 2.24) is 0 Å². The third-order valence-electron chi connectivity index (χ3n) is 4.68. The van der Waals surface area contributed by atoms with Crippen LogP contribution in [0.2, 0.25) is 0 Å². The Morgan fingerprint density at radius 1 is 0.568 bits per heavy atom. The second kappa shape index (κ2) is 14.2. The minimum absolute atomic E-state index is 0.815. The molecular formula is C21H32O16. The molecule has 10 atom stereocenters. The van der Waals surface area contributed by atoms with Crippen LogP contribution < -0.4 is 0 Å². The Kier molecular flexibility index (Phi) is 12.3. The average Bonchev–Trinajstić information content (AvgIpc) is 2.80. The summed E-state index contributed by atoms with van der Waals surface area (Å²) in [6, 6.07) is 0. The standard InChI is InChI=1S/C21H32O16/c1-7(22)16(27)32-6-12-13(34-17(28)8(2)23)14(35-18(29)9(3)24)15(36-19(30)10(4)25)21(33-12)37-20(31)11(5)26/h7-15,21-26H,6H2,1-5H3/t7?,8?,9?,10?,11?,12?,13-,14?,15+,21+/m1/s1. The number of ether oxygens (including phenoxy) is 6. The van der Waals surface area contributed by atoms with Gasteiger partial charge in [0.2, 0.25) is 12.4 Å². The minimum Gasteiger partial charge on any atom is -0.461 e. The highest BCUT2D eigenvalue weighted by Gasteiger charge is 2.55. The van der Waals surface area contributed by atoms with Gasteiger partial charge in [0.15, 0.2) is 12.2 Å². The molecule has 0 saturated carbocycles. The molecule has 0 bridgehead atoms. The lowest BCUT2D eigenvalue weighted by molar-refractivity contribution is -0.305. The Morgan fingerprint density at radius 2 is 0.919 bits per heavy atom. The van der Waals surface area contributed by atoms with Crippen LogP contribution in [-0.2, 0) is 52.4 Å². The molecule has 16 heteroatoms. The largest absolute Gasteiger partial charge is 0.461 e. The van der Waals surface area contributed by atoms with E-state index in [2.05, 4.69) is 0 Å². The van der Waals surface area contributed by atoms with Gasteiger partial charge in [-0.3, -0.25) is 0 Å². The van der Waals surface area contributed by atoms with Crippen molar-refractivity contribution in [2.75, 3.05) is 6.61 Å². The normalized spacial score (nSPS) is 27.5. The fourth-order valence-corrected chi connectivity index (χ4v) is 2.70. The molecule has 1 fully saturated rings. The van der Waals surface area contributed by atoms with Crippen LogP contribution >= 0.6 is 0 Å². The SMILES string of the molecule is CC(O)C(=O)OCC1O[C@@H](OC(=O)C(C)O)[C@@H](OC(=O)C(C)O)C(OC(=O)C(C)O)[C@@H]1OC(=O)C(C)O. The van der Waals surface area contributed by atoms with Gasteiger partial charge in [0, 0.05) is 0 Å². The van der Waals surface area contributed by atoms with Gasteiger partial charge < -0.3 is 54.0 Å². The van der Waals surface area contributed by atoms with Gasteiger partial charge in [0.25, 0.3) is 0 Å².